The third-order valence-electron chi connectivity index (χ3n) is 0.457. The first-order chi connectivity index (χ1) is 2.79. The summed E-state index contributed by atoms with van der Waals surface area (Å²) in [6, 6.07) is 0. The molecule has 32 valence electrons. The van der Waals surface area contributed by atoms with E-state index in [2.05, 4.69) is 22.5 Å². The first-order valence-corrected chi connectivity index (χ1v) is 1.85. The molecular weight excluding hydrogens is 98.1 g/mol. The maximum atomic E-state index is 5.02. The summed E-state index contributed by atoms with van der Waals surface area (Å²) in [6.07, 6.45) is 0. The van der Waals surface area contributed by atoms with Gasteiger partial charge in [0, 0.05) is 0 Å². The highest BCUT2D eigenvalue weighted by atomic mass is 32.1. The summed E-state index contributed by atoms with van der Waals surface area (Å²) in [6.45, 7) is 0. The van der Waals surface area contributed by atoms with Gasteiger partial charge in [-0.1, -0.05) is 0 Å². The van der Waals surface area contributed by atoms with Gasteiger partial charge in [-0.15, -0.1) is 0 Å². The molecule has 1 heterocycles. The molecule has 1 aliphatic heterocycles. The van der Waals surface area contributed by atoms with Crippen molar-refractivity contribution in [2.45, 2.75) is 0 Å². The SMILES string of the molecule is NC1=NC(=S)N1. The van der Waals surface area contributed by atoms with Crippen molar-refractivity contribution in [1.29, 1.82) is 0 Å². The minimum Gasteiger partial charge on any atom is -0.369 e. The Bertz CT molecular complexity index is 116. The van der Waals surface area contributed by atoms with Crippen LogP contribution in [0.25, 0.3) is 0 Å². The van der Waals surface area contributed by atoms with Crippen molar-refractivity contribution in [3.63, 3.8) is 0 Å². The molecule has 0 aliphatic carbocycles. The van der Waals surface area contributed by atoms with Crippen LogP contribution in [-0.2, 0) is 0 Å². The summed E-state index contributed by atoms with van der Waals surface area (Å²) in [5.41, 5.74) is 5.02. The van der Waals surface area contributed by atoms with E-state index in [9.17, 15) is 0 Å². The molecule has 0 saturated carbocycles. The van der Waals surface area contributed by atoms with Gasteiger partial charge in [-0.05, 0) is 12.2 Å². The van der Waals surface area contributed by atoms with E-state index in [0.717, 1.165) is 0 Å². The molecule has 0 fully saturated rings. The van der Waals surface area contributed by atoms with E-state index in [1.54, 1.807) is 0 Å². The van der Waals surface area contributed by atoms with Gasteiger partial charge >= 0.3 is 0 Å². The molecule has 6 heavy (non-hydrogen) atoms. The summed E-state index contributed by atoms with van der Waals surface area (Å²) in [5.74, 6) is 0.417. The minimum absolute atomic E-state index is 0.417. The minimum atomic E-state index is 0.417. The average Bonchev–Trinajstić information content (AvgIpc) is 1.33. The van der Waals surface area contributed by atoms with Crippen molar-refractivity contribution in [3.8, 4) is 0 Å². The Morgan fingerprint density at radius 3 is 2.33 bits per heavy atom. The van der Waals surface area contributed by atoms with Gasteiger partial charge in [0.2, 0.25) is 11.1 Å². The third-order valence-corrected chi connectivity index (χ3v) is 0.650. The van der Waals surface area contributed by atoms with E-state index < -0.39 is 0 Å². The van der Waals surface area contributed by atoms with Gasteiger partial charge in [0.1, 0.15) is 0 Å². The smallest absolute Gasteiger partial charge is 0.202 e. The maximum absolute atomic E-state index is 5.02. The summed E-state index contributed by atoms with van der Waals surface area (Å²) in [4.78, 5) is 3.54. The van der Waals surface area contributed by atoms with E-state index in [4.69, 9.17) is 5.73 Å². The summed E-state index contributed by atoms with van der Waals surface area (Å²) < 4.78 is 0. The van der Waals surface area contributed by atoms with Gasteiger partial charge in [-0.3, -0.25) is 0 Å². The third kappa shape index (κ3) is 0.345. The molecule has 3 nitrogen and oxygen atoms in total. The second-order valence-corrected chi connectivity index (χ2v) is 1.31. The predicted molar refractivity (Wildman–Crippen MR) is 27.4 cm³/mol. The van der Waals surface area contributed by atoms with Gasteiger partial charge in [-0.2, -0.15) is 4.99 Å². The van der Waals surface area contributed by atoms with E-state index >= 15 is 0 Å². The Morgan fingerprint density at radius 2 is 2.33 bits per heavy atom. The van der Waals surface area contributed by atoms with Gasteiger partial charge in [0.25, 0.3) is 0 Å². The highest BCUT2D eigenvalue weighted by Crippen LogP contribution is 1.82. The molecule has 0 aromatic carbocycles. The fourth-order valence-electron chi connectivity index (χ4n) is 0.222. The van der Waals surface area contributed by atoms with E-state index in [-0.39, 0.29) is 0 Å². The number of guanidine groups is 1. The average molecular weight is 101 g/mol. The zero-order valence-electron chi connectivity index (χ0n) is 2.93. The van der Waals surface area contributed by atoms with Crippen LogP contribution in [0.1, 0.15) is 0 Å². The number of hydrogen-bond acceptors (Lipinski definition) is 2. The number of hydrogen-bond donors (Lipinski definition) is 2. The van der Waals surface area contributed by atoms with Crippen LogP contribution in [0, 0.1) is 0 Å². The lowest BCUT2D eigenvalue weighted by atomic mass is 10.8. The summed E-state index contributed by atoms with van der Waals surface area (Å²) in [5, 5.41) is 3.04. The molecule has 1 aliphatic rings. The summed E-state index contributed by atoms with van der Waals surface area (Å²) in [7, 11) is 0. The van der Waals surface area contributed by atoms with Crippen LogP contribution in [0.4, 0.5) is 0 Å². The van der Waals surface area contributed by atoms with Gasteiger partial charge < -0.3 is 11.1 Å². The molecule has 0 bridgehead atoms. The molecule has 0 aromatic heterocycles. The highest BCUT2D eigenvalue weighted by molar-refractivity contribution is 7.80. The molecule has 0 unspecified atom stereocenters. The monoisotopic (exact) mass is 101 g/mol. The lowest BCUT2D eigenvalue weighted by molar-refractivity contribution is 1.21. The zero-order valence-corrected chi connectivity index (χ0v) is 3.75. The number of thiocarbonyl (C=S) groups is 1. The highest BCUT2D eigenvalue weighted by Gasteiger charge is 2.04. The fourth-order valence-corrected chi connectivity index (χ4v) is 0.425. The standard InChI is InChI=1S/C2H3N3S/c3-1-4-2(6)5-1/h(H3,3,4,5,6). The number of nitrogens with one attached hydrogen (secondary N) is 1. The van der Waals surface area contributed by atoms with Crippen molar-refractivity contribution < 1.29 is 0 Å². The van der Waals surface area contributed by atoms with E-state index in [0.29, 0.717) is 11.1 Å². The Labute approximate surface area is 40.2 Å². The number of nitrogens with two attached hydrogens (primary N) is 1. The topological polar surface area (TPSA) is 50.4 Å². The number of nitrogens with zero attached hydrogens (tertiary/aromatic N) is 1. The molecule has 4 heteroatoms. The van der Waals surface area contributed by atoms with Crippen LogP contribution in [0.15, 0.2) is 4.99 Å². The van der Waals surface area contributed by atoms with Crippen LogP contribution in [0.2, 0.25) is 0 Å². The summed E-state index contributed by atoms with van der Waals surface area (Å²) >= 11 is 4.48. The molecule has 0 atom stereocenters. The Kier molecular flexibility index (Phi) is 0.537. The van der Waals surface area contributed by atoms with Crippen molar-refractivity contribution >= 4 is 23.3 Å². The molecular formula is C2H3N3S. The van der Waals surface area contributed by atoms with Crippen molar-refractivity contribution in [2.24, 2.45) is 10.7 Å². The molecule has 3 N–H and O–H groups in total. The largest absolute Gasteiger partial charge is 0.369 e. The molecule has 1 rings (SSSR count). The Balaban J connectivity index is 2.68. The second-order valence-electron chi connectivity index (χ2n) is 0.927. The van der Waals surface area contributed by atoms with Gasteiger partial charge in [0.15, 0.2) is 0 Å². The number of aliphatic imine (C=N–C) groups is 1. The quantitative estimate of drug-likeness (QED) is 0.392. The van der Waals surface area contributed by atoms with E-state index in [1.807, 2.05) is 0 Å². The molecule has 0 amide bonds. The Hall–Kier alpha value is -0.640. The lowest BCUT2D eigenvalue weighted by Crippen LogP contribution is -2.44. The van der Waals surface area contributed by atoms with E-state index in [1.165, 1.54) is 0 Å². The predicted octanol–water partition coefficient (Wildman–Crippen LogP) is -0.811. The first kappa shape index (κ1) is 3.55. The first-order valence-electron chi connectivity index (χ1n) is 1.44. The fraction of sp³-hybridized carbons (Fsp3) is 0. The van der Waals surface area contributed by atoms with Crippen LogP contribution >= 0.6 is 12.2 Å². The molecule has 0 radical (unpaired) electrons. The van der Waals surface area contributed by atoms with Crippen LogP contribution < -0.4 is 11.1 Å². The van der Waals surface area contributed by atoms with Crippen molar-refractivity contribution in [3.05, 3.63) is 0 Å². The number of rotatable bonds is 0. The van der Waals surface area contributed by atoms with Crippen LogP contribution in [0.3, 0.4) is 0 Å². The van der Waals surface area contributed by atoms with Crippen LogP contribution in [-0.4, -0.2) is 11.1 Å². The Morgan fingerprint density at radius 1 is 1.83 bits per heavy atom. The van der Waals surface area contributed by atoms with Crippen molar-refractivity contribution in [2.75, 3.05) is 0 Å². The van der Waals surface area contributed by atoms with Crippen LogP contribution in [0.5, 0.6) is 0 Å². The van der Waals surface area contributed by atoms with Gasteiger partial charge in [0.05, 0.1) is 0 Å². The van der Waals surface area contributed by atoms with Crippen molar-refractivity contribution in [1.82, 2.24) is 5.32 Å². The second kappa shape index (κ2) is 0.909. The molecule has 0 spiro atoms. The van der Waals surface area contributed by atoms with Gasteiger partial charge in [-0.25, -0.2) is 0 Å². The lowest BCUT2D eigenvalue weighted by Gasteiger charge is -2.09. The zero-order chi connectivity index (χ0) is 4.57. The normalized spacial score (nSPS) is 18.0. The molecule has 0 saturated heterocycles. The molecule has 0 aromatic rings. The maximum Gasteiger partial charge on any atom is 0.202 e.